The van der Waals surface area contributed by atoms with Crippen LogP contribution in [0, 0.1) is 20.8 Å². The first-order valence-electron chi connectivity index (χ1n) is 40.4. The van der Waals surface area contributed by atoms with Crippen LogP contribution in [0.3, 0.4) is 0 Å². The number of carbonyl (C=O) groups is 1. The van der Waals surface area contributed by atoms with Crippen LogP contribution >= 0.6 is 11.6 Å². The molecule has 4 aromatic heterocycles. The predicted octanol–water partition coefficient (Wildman–Crippen LogP) is 6.84. The van der Waals surface area contributed by atoms with E-state index in [1.807, 2.05) is 148 Å². The molecular weight excluding hydrogens is 1630 g/mol. The maximum Gasteiger partial charge on any atom is 0.351 e. The average molecular weight is 1760 g/mol. The molecule has 4 saturated heterocycles. The van der Waals surface area contributed by atoms with Crippen LogP contribution in [0.5, 0.6) is 11.5 Å². The second-order valence-corrected chi connectivity index (χ2v) is 30.8. The number of amides is 1. The molecule has 0 aliphatic carbocycles. The number of aliphatic hydroxyl groups is 5. The van der Waals surface area contributed by atoms with Gasteiger partial charge in [0.25, 0.3) is 16.7 Å². The number of aliphatic hydroxyl groups excluding tert-OH is 5. The van der Waals surface area contributed by atoms with E-state index in [1.54, 1.807) is 63.2 Å². The Balaban J connectivity index is 0.000000403. The highest BCUT2D eigenvalue weighted by atomic mass is 35.5. The number of aromatic nitrogens is 8. The van der Waals surface area contributed by atoms with Crippen molar-refractivity contribution in [3.05, 3.63) is 216 Å². The highest BCUT2D eigenvalue weighted by Crippen LogP contribution is 2.45. The number of nitrogens with zero attached hydrogens (tertiary/aromatic N) is 5. The van der Waals surface area contributed by atoms with Crippen LogP contribution in [0.2, 0.25) is 0 Å². The van der Waals surface area contributed by atoms with Gasteiger partial charge in [-0.2, -0.15) is 4.98 Å². The summed E-state index contributed by atoms with van der Waals surface area (Å²) in [4.78, 5) is 104. The van der Waals surface area contributed by atoms with Gasteiger partial charge in [0.1, 0.15) is 77.1 Å². The number of H-pyrrole nitrogens is 3. The quantitative estimate of drug-likeness (QED) is 0.0164. The van der Waals surface area contributed by atoms with E-state index in [2.05, 4.69) is 25.3 Å². The number of halogens is 1. The van der Waals surface area contributed by atoms with Crippen LogP contribution in [0.1, 0.15) is 172 Å². The van der Waals surface area contributed by atoms with Crippen molar-refractivity contribution in [3.8, 4) is 11.5 Å². The maximum atomic E-state index is 12.4. The molecular formula is C86H132ClN9O27. The molecule has 9 N–H and O–H groups in total. The smallest absolute Gasteiger partial charge is 0.351 e. The monoisotopic (exact) mass is 1760 g/mol. The van der Waals surface area contributed by atoms with Crippen LogP contribution < -0.4 is 54.2 Å². The topological polar surface area (TPSA) is 459 Å². The minimum absolute atomic E-state index is 0. The third-order valence-corrected chi connectivity index (χ3v) is 22.7. The zero-order valence-corrected chi connectivity index (χ0v) is 73.7. The number of aromatic amines is 3. The molecule has 8 heterocycles. The summed E-state index contributed by atoms with van der Waals surface area (Å²) in [6, 6.07) is 27.3. The summed E-state index contributed by atoms with van der Waals surface area (Å²) in [7, 11) is 9.58. The molecule has 7 aromatic rings. The van der Waals surface area contributed by atoms with Crippen molar-refractivity contribution in [1.29, 1.82) is 0 Å². The van der Waals surface area contributed by atoms with Gasteiger partial charge in [-0.25, -0.2) is 19.2 Å². The van der Waals surface area contributed by atoms with Gasteiger partial charge in [-0.1, -0.05) is 82.8 Å². The molecule has 0 bridgehead atoms. The Morgan fingerprint density at radius 3 is 1.02 bits per heavy atom. The Morgan fingerprint density at radius 1 is 0.463 bits per heavy atom. The molecule has 3 aromatic carbocycles. The Labute approximate surface area is 724 Å². The number of anilines is 1. The summed E-state index contributed by atoms with van der Waals surface area (Å²) in [5.74, 6) is 1.45. The highest BCUT2D eigenvalue weighted by molar-refractivity contribution is 6.28. The van der Waals surface area contributed by atoms with Gasteiger partial charge >= 0.3 is 22.8 Å². The van der Waals surface area contributed by atoms with Gasteiger partial charge in [0, 0.05) is 81.1 Å². The molecule has 4 unspecified atom stereocenters. The summed E-state index contributed by atoms with van der Waals surface area (Å²) < 4.78 is 83.3. The zero-order valence-electron chi connectivity index (χ0n) is 72.9. The number of rotatable bonds is 30. The van der Waals surface area contributed by atoms with Gasteiger partial charge in [0.05, 0.1) is 88.0 Å². The zero-order chi connectivity index (χ0) is 90.5. The Kier molecular flexibility index (Phi) is 39.8. The van der Waals surface area contributed by atoms with Crippen LogP contribution in [0.15, 0.2) is 143 Å². The average Bonchev–Trinajstić information content (AvgIpc) is 1.39. The van der Waals surface area contributed by atoms with Crippen LogP contribution in [0.4, 0.5) is 5.82 Å². The van der Waals surface area contributed by atoms with Crippen LogP contribution in [-0.2, 0) is 66.5 Å². The Bertz CT molecular complexity index is 4570. The van der Waals surface area contributed by atoms with Gasteiger partial charge in [-0.3, -0.25) is 52.4 Å². The minimum Gasteiger partial charge on any atom is -0.497 e. The fourth-order valence-electron chi connectivity index (χ4n) is 13.7. The molecule has 690 valence electrons. The number of carbonyl (C=O) groups excluding carboxylic acids is 1. The maximum absolute atomic E-state index is 12.4. The van der Waals surface area contributed by atoms with Crippen molar-refractivity contribution in [2.45, 2.75) is 282 Å². The van der Waals surface area contributed by atoms with Crippen LogP contribution in [-0.4, -0.2) is 241 Å². The fourth-order valence-corrected chi connectivity index (χ4v) is 14.1. The fraction of sp³-hybridized carbons (Fsp3) is 0.593. The van der Waals surface area contributed by atoms with E-state index in [0.717, 1.165) is 32.8 Å². The van der Waals surface area contributed by atoms with E-state index in [0.29, 0.717) is 36.0 Å². The SMILES string of the molecule is C.CC[C@H]1O[C@@H](n2cc(C)c(=O)[nH]c2=O)[C@@H](O[C@H](C)[C@H](C)OC)C1O.CC[C@H]1O[C@@H](n2cc(C)c(=O)[nH]c2=O)[C@@H](O[C@H](C)[C@H](C)OC)C1O.CC[C@H]1O[C@@H](n2ccc(NC(C)=O)nc2=O)[C@@H](O[C@H](C)[C@H](C)OC)C1O.CO[C@@H](C)[C@@H](C)O[C@H]1C(O)[C@@H](CO)O[C@H]1n1cc(C)c(=O)[nH]c1=O.COc1ccc(C(Cl)(c2ccccc2)c2ccc(OC)cc2)cc1.[HH].[HH].[HH]. The van der Waals surface area contributed by atoms with Crippen molar-refractivity contribution >= 4 is 23.3 Å². The number of benzene rings is 3. The van der Waals surface area contributed by atoms with E-state index in [9.17, 15) is 63.9 Å². The molecule has 24 atom stereocenters. The highest BCUT2D eigenvalue weighted by Gasteiger charge is 2.51. The molecule has 0 spiro atoms. The van der Waals surface area contributed by atoms with E-state index >= 15 is 0 Å². The van der Waals surface area contributed by atoms with Crippen molar-refractivity contribution in [2.75, 3.05) is 54.6 Å². The van der Waals surface area contributed by atoms with Crippen LogP contribution in [0.25, 0.3) is 0 Å². The molecule has 1 amide bonds. The second-order valence-electron chi connectivity index (χ2n) is 30.2. The molecule has 4 aliphatic rings. The largest absolute Gasteiger partial charge is 0.497 e. The van der Waals surface area contributed by atoms with E-state index < -0.39 is 155 Å². The lowest BCUT2D eigenvalue weighted by atomic mass is 9.84. The lowest BCUT2D eigenvalue weighted by Crippen LogP contribution is -2.43. The first kappa shape index (κ1) is 103. The molecule has 0 saturated carbocycles. The molecule has 123 heavy (non-hydrogen) atoms. The first-order valence-corrected chi connectivity index (χ1v) is 40.8. The summed E-state index contributed by atoms with van der Waals surface area (Å²) in [5.41, 5.74) is 0.208. The van der Waals surface area contributed by atoms with E-state index in [-0.39, 0.29) is 66.2 Å². The van der Waals surface area contributed by atoms with Gasteiger partial charge < -0.3 is 97.2 Å². The molecule has 36 nitrogen and oxygen atoms in total. The van der Waals surface area contributed by atoms with Crippen molar-refractivity contribution in [1.82, 2.24) is 38.2 Å². The summed E-state index contributed by atoms with van der Waals surface area (Å²) >= 11 is 7.22. The standard InChI is InChI=1S/C21H19ClO2.C17H27N3O6.2C16H26N2O6.C15H24N2O7.CH4.3H2/c1-23-19-12-8-17(9-13-19)21(22,16-6-4-3-5-7-16)18-10-14-20(24-2)15-11-18;1-6-12-14(22)15(25-10(3)9(2)24-5)16(26-12)20-8-7-13(18-11(4)21)19-17(20)23;2*1-6-11-12(19)13(23-10(4)9(3)22-5)15(24-11)18-7-8(2)14(20)17-16(18)21;1-7-5-17(15(21)16-13(7)20)14-12(11(19)10(6-18)24-14)23-9(3)8(2)22-4;;;;/h3-15H,1-2H3;7-10,12,14-16,22H,6H2,1-5H3,(H,18,19,21,23);2*7,9-13,15,19H,6H2,1-5H3,(H,17,20,21);5,8-12,14,18-19H,6H2,1-4H3,(H,16,20,21);1H4;3*1H/t;9-,10+,12+,14?,15-,16+;2*9-,10+,11+,12?,13-,15+;8-,9+,10+,11?,12-,14+;;;;/m.0000..../s1. The number of ether oxygens (including phenoxy) is 14. The number of hydrogen-bond acceptors (Lipinski definition) is 28. The summed E-state index contributed by atoms with van der Waals surface area (Å²) in [5, 5.41) is 53.8. The minimum atomic E-state index is -1.13. The number of methoxy groups -OCH3 is 6. The normalized spacial score (nSPS) is 25.4. The number of alkyl halides is 1. The molecule has 4 fully saturated rings. The number of aryl methyl sites for hydroxylation is 3. The number of nitrogens with one attached hydrogen (secondary N) is 4. The first-order chi connectivity index (χ1) is 57.8. The van der Waals surface area contributed by atoms with Gasteiger partial charge in [-0.15, -0.1) is 11.6 Å². The van der Waals surface area contributed by atoms with Crippen molar-refractivity contribution in [3.63, 3.8) is 0 Å². The summed E-state index contributed by atoms with van der Waals surface area (Å²) in [6.45, 7) is 25.9. The molecule has 4 aliphatic heterocycles. The van der Waals surface area contributed by atoms with E-state index in [4.69, 9.17) is 77.9 Å². The third-order valence-electron chi connectivity index (χ3n) is 22.1. The van der Waals surface area contributed by atoms with Gasteiger partial charge in [-0.05, 0) is 142 Å². The predicted molar refractivity (Wildman–Crippen MR) is 463 cm³/mol. The number of hydrogen-bond donors (Lipinski definition) is 9. The Hall–Kier alpha value is -8.74. The van der Waals surface area contributed by atoms with Crippen molar-refractivity contribution < 1.29 is 101 Å². The summed E-state index contributed by atoms with van der Waals surface area (Å²) in [6.07, 6.45) is -7.41. The Morgan fingerprint density at radius 2 is 0.748 bits per heavy atom. The molecule has 11 rings (SSSR count). The second kappa shape index (κ2) is 47.5. The van der Waals surface area contributed by atoms with Gasteiger partial charge in [0.15, 0.2) is 24.9 Å². The molecule has 0 radical (unpaired) electrons. The van der Waals surface area contributed by atoms with E-state index in [1.165, 1.54) is 58.6 Å². The van der Waals surface area contributed by atoms with Gasteiger partial charge in [0.2, 0.25) is 5.91 Å². The van der Waals surface area contributed by atoms with Crippen molar-refractivity contribution in [2.24, 2.45) is 0 Å². The lowest BCUT2D eigenvalue weighted by Gasteiger charge is -2.29. The third kappa shape index (κ3) is 25.5. The molecule has 37 heteroatoms. The lowest BCUT2D eigenvalue weighted by molar-refractivity contribution is -0.130.